The summed E-state index contributed by atoms with van der Waals surface area (Å²) >= 11 is 0. The van der Waals surface area contributed by atoms with Gasteiger partial charge in [-0.1, -0.05) is 43.0 Å². The lowest BCUT2D eigenvalue weighted by molar-refractivity contribution is -0.138. The molecule has 3 rings (SSSR count). The van der Waals surface area contributed by atoms with E-state index in [1.165, 1.54) is 6.08 Å². The van der Waals surface area contributed by atoms with Crippen molar-refractivity contribution in [1.82, 2.24) is 10.6 Å². The van der Waals surface area contributed by atoms with Crippen LogP contribution < -0.4 is 15.4 Å². The maximum atomic E-state index is 12.5. The normalized spacial score (nSPS) is 16.2. The first-order chi connectivity index (χ1) is 13.1. The molecule has 2 N–H and O–H groups in total. The number of rotatable bonds is 6. The van der Waals surface area contributed by atoms with Crippen molar-refractivity contribution >= 4 is 12.0 Å². The Morgan fingerprint density at radius 1 is 1.15 bits per heavy atom. The number of carbonyl (C=O) groups excluding carboxylic acids is 2. The largest absolute Gasteiger partial charge is 0.458 e. The number of para-hydroxylation sites is 1. The van der Waals surface area contributed by atoms with E-state index in [1.54, 1.807) is 13.0 Å². The van der Waals surface area contributed by atoms with Crippen LogP contribution in [0.2, 0.25) is 0 Å². The average molecular weight is 364 g/mol. The van der Waals surface area contributed by atoms with Crippen LogP contribution in [0.25, 0.3) is 0 Å². The van der Waals surface area contributed by atoms with E-state index < -0.39 is 12.0 Å². The summed E-state index contributed by atoms with van der Waals surface area (Å²) in [5, 5.41) is 5.38. The van der Waals surface area contributed by atoms with Crippen molar-refractivity contribution in [2.45, 2.75) is 13.0 Å². The standard InChI is InChI=1S/C21H20N2O4/c1-3-12-26-20(24)18-14(2)22-21(25)23-19(18)15-8-7-11-17(13-15)27-16-9-5-4-6-10-16/h3-11,13,19H,1,12H2,2H3,(H2,22,23,25). The van der Waals surface area contributed by atoms with Crippen LogP contribution in [0.5, 0.6) is 11.5 Å². The van der Waals surface area contributed by atoms with Crippen LogP contribution in [-0.2, 0) is 9.53 Å². The number of urea groups is 1. The molecule has 0 spiro atoms. The fraction of sp³-hybridized carbons (Fsp3) is 0.143. The molecule has 2 amide bonds. The molecule has 1 aliphatic rings. The van der Waals surface area contributed by atoms with Crippen molar-refractivity contribution < 1.29 is 19.1 Å². The molecule has 138 valence electrons. The Kier molecular flexibility index (Phi) is 5.56. The van der Waals surface area contributed by atoms with E-state index in [-0.39, 0.29) is 12.6 Å². The number of allylic oxidation sites excluding steroid dienone is 1. The maximum absolute atomic E-state index is 12.5. The molecular weight excluding hydrogens is 344 g/mol. The SMILES string of the molecule is C=CCOC(=O)C1=C(C)NC(=O)NC1c1cccc(Oc2ccccc2)c1. The quantitative estimate of drug-likeness (QED) is 0.603. The predicted octanol–water partition coefficient (Wildman–Crippen LogP) is 3.84. The summed E-state index contributed by atoms with van der Waals surface area (Å²) in [5.41, 5.74) is 1.50. The van der Waals surface area contributed by atoms with Crippen LogP contribution in [0.4, 0.5) is 4.79 Å². The molecule has 27 heavy (non-hydrogen) atoms. The molecule has 0 bridgehead atoms. The number of ether oxygens (including phenoxy) is 2. The van der Waals surface area contributed by atoms with E-state index in [9.17, 15) is 9.59 Å². The van der Waals surface area contributed by atoms with Crippen molar-refractivity contribution in [3.8, 4) is 11.5 Å². The zero-order valence-electron chi connectivity index (χ0n) is 14.9. The fourth-order valence-corrected chi connectivity index (χ4v) is 2.81. The van der Waals surface area contributed by atoms with E-state index in [0.717, 1.165) is 0 Å². The lowest BCUT2D eigenvalue weighted by Gasteiger charge is -2.28. The van der Waals surface area contributed by atoms with Crippen LogP contribution >= 0.6 is 0 Å². The van der Waals surface area contributed by atoms with E-state index in [0.29, 0.717) is 28.3 Å². The Labute approximate surface area is 157 Å². The van der Waals surface area contributed by atoms with Crippen LogP contribution in [0.1, 0.15) is 18.5 Å². The van der Waals surface area contributed by atoms with E-state index >= 15 is 0 Å². The van der Waals surface area contributed by atoms with Gasteiger partial charge in [0.2, 0.25) is 0 Å². The van der Waals surface area contributed by atoms with Crippen molar-refractivity contribution in [2.75, 3.05) is 6.61 Å². The molecule has 1 atom stereocenters. The predicted molar refractivity (Wildman–Crippen MR) is 101 cm³/mol. The molecule has 1 heterocycles. The van der Waals surface area contributed by atoms with Gasteiger partial charge in [-0.25, -0.2) is 9.59 Å². The fourth-order valence-electron chi connectivity index (χ4n) is 2.81. The van der Waals surface area contributed by atoms with Gasteiger partial charge in [-0.3, -0.25) is 0 Å². The Morgan fingerprint density at radius 2 is 1.89 bits per heavy atom. The molecule has 0 aromatic heterocycles. The summed E-state index contributed by atoms with van der Waals surface area (Å²) in [6.07, 6.45) is 1.49. The Balaban J connectivity index is 1.91. The number of carbonyl (C=O) groups is 2. The molecule has 0 saturated heterocycles. The highest BCUT2D eigenvalue weighted by atomic mass is 16.5. The first-order valence-electron chi connectivity index (χ1n) is 8.47. The van der Waals surface area contributed by atoms with Crippen LogP contribution in [0.3, 0.4) is 0 Å². The number of amides is 2. The molecule has 2 aromatic carbocycles. The van der Waals surface area contributed by atoms with Gasteiger partial charge in [0, 0.05) is 5.70 Å². The van der Waals surface area contributed by atoms with Gasteiger partial charge in [0.05, 0.1) is 11.6 Å². The first kappa shape index (κ1) is 18.3. The number of esters is 1. The van der Waals surface area contributed by atoms with Crippen molar-refractivity contribution in [3.63, 3.8) is 0 Å². The van der Waals surface area contributed by atoms with Gasteiger partial charge in [-0.05, 0) is 36.8 Å². The minimum absolute atomic E-state index is 0.0907. The molecular formula is C21H20N2O4. The Morgan fingerprint density at radius 3 is 2.63 bits per heavy atom. The van der Waals surface area contributed by atoms with Gasteiger partial charge in [0.1, 0.15) is 18.1 Å². The van der Waals surface area contributed by atoms with Gasteiger partial charge < -0.3 is 20.1 Å². The second-order valence-corrected chi connectivity index (χ2v) is 5.94. The highest BCUT2D eigenvalue weighted by molar-refractivity contribution is 5.95. The van der Waals surface area contributed by atoms with Gasteiger partial charge >= 0.3 is 12.0 Å². The molecule has 2 aromatic rings. The van der Waals surface area contributed by atoms with Crippen molar-refractivity contribution in [3.05, 3.63) is 84.1 Å². The topological polar surface area (TPSA) is 76.7 Å². The van der Waals surface area contributed by atoms with Gasteiger partial charge in [0.25, 0.3) is 0 Å². The van der Waals surface area contributed by atoms with E-state index in [1.807, 2.05) is 48.5 Å². The van der Waals surface area contributed by atoms with Crippen LogP contribution in [0.15, 0.2) is 78.5 Å². The van der Waals surface area contributed by atoms with Crippen molar-refractivity contribution in [2.24, 2.45) is 0 Å². The minimum atomic E-state index is -0.643. The summed E-state index contributed by atoms with van der Waals surface area (Å²) in [6, 6.07) is 15.6. The third-order valence-corrected chi connectivity index (χ3v) is 3.99. The average Bonchev–Trinajstić information content (AvgIpc) is 2.66. The minimum Gasteiger partial charge on any atom is -0.458 e. The molecule has 0 fully saturated rings. The highest BCUT2D eigenvalue weighted by Gasteiger charge is 2.32. The van der Waals surface area contributed by atoms with Gasteiger partial charge in [-0.2, -0.15) is 0 Å². The third-order valence-electron chi connectivity index (χ3n) is 3.99. The number of hydrogen-bond donors (Lipinski definition) is 2. The molecule has 6 heteroatoms. The second-order valence-electron chi connectivity index (χ2n) is 5.94. The molecule has 1 aliphatic heterocycles. The second kappa shape index (κ2) is 8.23. The summed E-state index contributed by atoms with van der Waals surface area (Å²) < 4.78 is 11.0. The lowest BCUT2D eigenvalue weighted by atomic mass is 9.95. The van der Waals surface area contributed by atoms with Gasteiger partial charge in [0.15, 0.2) is 0 Å². The summed E-state index contributed by atoms with van der Waals surface area (Å²) in [4.78, 5) is 24.4. The Hall–Kier alpha value is -3.54. The first-order valence-corrected chi connectivity index (χ1v) is 8.47. The monoisotopic (exact) mass is 364 g/mol. The number of nitrogens with one attached hydrogen (secondary N) is 2. The molecule has 1 unspecified atom stereocenters. The summed E-state index contributed by atoms with van der Waals surface area (Å²) in [6.45, 7) is 5.30. The van der Waals surface area contributed by atoms with Crippen molar-refractivity contribution in [1.29, 1.82) is 0 Å². The lowest BCUT2D eigenvalue weighted by Crippen LogP contribution is -2.45. The van der Waals surface area contributed by atoms with Crippen LogP contribution in [-0.4, -0.2) is 18.6 Å². The molecule has 6 nitrogen and oxygen atoms in total. The van der Waals surface area contributed by atoms with Gasteiger partial charge in [-0.15, -0.1) is 0 Å². The van der Waals surface area contributed by atoms with E-state index in [4.69, 9.17) is 9.47 Å². The highest BCUT2D eigenvalue weighted by Crippen LogP contribution is 2.31. The number of hydrogen-bond acceptors (Lipinski definition) is 4. The summed E-state index contributed by atoms with van der Waals surface area (Å²) in [5.74, 6) is 0.781. The molecule has 0 radical (unpaired) electrons. The zero-order chi connectivity index (χ0) is 19.2. The maximum Gasteiger partial charge on any atom is 0.338 e. The Bertz CT molecular complexity index is 890. The zero-order valence-corrected chi connectivity index (χ0v) is 14.9. The summed E-state index contributed by atoms with van der Waals surface area (Å²) in [7, 11) is 0. The third kappa shape index (κ3) is 4.36. The smallest absolute Gasteiger partial charge is 0.338 e. The van der Waals surface area contributed by atoms with Crippen LogP contribution in [0, 0.1) is 0 Å². The van der Waals surface area contributed by atoms with E-state index in [2.05, 4.69) is 17.2 Å². The number of benzene rings is 2. The molecule has 0 saturated carbocycles. The molecule has 0 aliphatic carbocycles.